The second kappa shape index (κ2) is 9.62. The molecule has 0 aromatic heterocycles. The van der Waals surface area contributed by atoms with Gasteiger partial charge < -0.3 is 5.32 Å². The molecule has 0 aliphatic rings. The van der Waals surface area contributed by atoms with Crippen LogP contribution in [0.25, 0.3) is 0 Å². The lowest BCUT2D eigenvalue weighted by Crippen LogP contribution is -2.18. The fourth-order valence-corrected chi connectivity index (χ4v) is 0.440. The van der Waals surface area contributed by atoms with Gasteiger partial charge in [-0.05, 0) is 12.8 Å². The third-order valence-corrected chi connectivity index (χ3v) is 0.906. The minimum Gasteiger partial charge on any atom is -0.354 e. The highest BCUT2D eigenvalue weighted by Crippen LogP contribution is 1.93. The van der Waals surface area contributed by atoms with Crippen LogP contribution in [0, 0.1) is 0 Å². The number of nitrogens with one attached hydrogen (secondary N) is 1. The first-order valence-electron chi connectivity index (χ1n) is 3.77. The topological polar surface area (TPSA) is 41.5 Å². The molecular weight excluding hydrogens is 152 g/mol. The van der Waals surface area contributed by atoms with Crippen LogP contribution in [-0.2, 0) is 4.79 Å². The molecule has 0 fully saturated rings. The van der Waals surface area contributed by atoms with E-state index in [4.69, 9.17) is 0 Å². The largest absolute Gasteiger partial charge is 0.354 e. The number of hydrogen-bond acceptors (Lipinski definition) is 2. The van der Waals surface area contributed by atoms with Crippen LogP contribution >= 0.6 is 0 Å². The molecule has 0 heterocycles. The third kappa shape index (κ3) is 5.41. The molecule has 1 amide bonds. The summed E-state index contributed by atoms with van der Waals surface area (Å²) < 4.78 is 0. The van der Waals surface area contributed by atoms with Crippen molar-refractivity contribution >= 4 is 12.6 Å². The van der Waals surface area contributed by atoms with Gasteiger partial charge in [-0.1, -0.05) is 26.5 Å². The van der Waals surface area contributed by atoms with Crippen LogP contribution in [0.3, 0.4) is 0 Å². The number of rotatable bonds is 3. The van der Waals surface area contributed by atoms with Gasteiger partial charge in [0.25, 0.3) is 5.91 Å². The number of nitrogens with zero attached hydrogens (tertiary/aromatic N) is 1. The molecule has 0 radical (unpaired) electrons. The van der Waals surface area contributed by atoms with E-state index in [-0.39, 0.29) is 11.6 Å². The molecule has 68 valence electrons. The number of amides is 1. The van der Waals surface area contributed by atoms with E-state index in [0.29, 0.717) is 0 Å². The zero-order chi connectivity index (χ0) is 9.98. The molecule has 0 bridgehead atoms. The Morgan fingerprint density at radius 2 is 2.00 bits per heavy atom. The number of carbonyl (C=O) groups excluding carboxylic acids is 1. The lowest BCUT2D eigenvalue weighted by molar-refractivity contribution is -0.117. The Morgan fingerprint density at radius 1 is 1.50 bits per heavy atom. The van der Waals surface area contributed by atoms with Gasteiger partial charge in [-0.15, -0.1) is 0 Å². The molecule has 3 heteroatoms. The Kier molecular flexibility index (Phi) is 10.6. The second-order valence-electron chi connectivity index (χ2n) is 1.52. The fourth-order valence-electron chi connectivity index (χ4n) is 0.440. The fraction of sp³-hybridized carbons (Fsp3) is 0.333. The maximum Gasteiger partial charge on any atom is 0.269 e. The summed E-state index contributed by atoms with van der Waals surface area (Å²) in [5, 5.41) is 2.41. The molecule has 0 aromatic rings. The molecule has 0 atom stereocenters. The van der Waals surface area contributed by atoms with Crippen LogP contribution in [0.15, 0.2) is 29.4 Å². The van der Waals surface area contributed by atoms with Crippen LogP contribution in [0.1, 0.15) is 13.8 Å². The molecule has 1 N–H and O–H groups in total. The summed E-state index contributed by atoms with van der Waals surface area (Å²) in [5.41, 5.74) is 0.275. The number of likely N-dealkylation sites (N-methyl/N-ethyl adjacent to an activating group) is 1. The van der Waals surface area contributed by atoms with E-state index in [0.717, 1.165) is 0 Å². The van der Waals surface area contributed by atoms with Crippen molar-refractivity contribution in [2.45, 2.75) is 13.8 Å². The number of allylic oxidation sites excluding steroid dienone is 2. The number of carbonyl (C=O) groups is 1. The summed E-state index contributed by atoms with van der Waals surface area (Å²) in [5.74, 6) is -0.255. The minimum absolute atomic E-state index is 0.255. The summed E-state index contributed by atoms with van der Waals surface area (Å²) in [6, 6.07) is 0. The standard InChI is InChI=1S/C7H10N2O.C2H6/c1-4-5-6(8-2)7(10)9-3;1-2/h4-5H,1-2H2,3H3,(H,9,10);1-2H3/b6-5-;. The van der Waals surface area contributed by atoms with E-state index in [2.05, 4.69) is 23.6 Å². The molecular formula is C9H16N2O. The molecule has 0 saturated carbocycles. The van der Waals surface area contributed by atoms with Gasteiger partial charge in [0.15, 0.2) is 0 Å². The highest BCUT2D eigenvalue weighted by molar-refractivity contribution is 5.93. The van der Waals surface area contributed by atoms with Crippen molar-refractivity contribution in [3.05, 3.63) is 24.4 Å². The molecule has 0 unspecified atom stereocenters. The Morgan fingerprint density at radius 3 is 2.25 bits per heavy atom. The maximum atomic E-state index is 10.8. The SMILES string of the molecule is C=C/C=C(\N=C)C(=O)NC.CC. The Labute approximate surface area is 73.9 Å². The van der Waals surface area contributed by atoms with Crippen LogP contribution in [-0.4, -0.2) is 19.7 Å². The van der Waals surface area contributed by atoms with E-state index in [1.54, 1.807) is 0 Å². The number of aliphatic imine (C=N–C) groups is 1. The summed E-state index contributed by atoms with van der Waals surface area (Å²) in [6.45, 7) is 10.6. The van der Waals surface area contributed by atoms with Crippen LogP contribution in [0.2, 0.25) is 0 Å². The Balaban J connectivity index is 0. The molecule has 0 aliphatic heterocycles. The smallest absolute Gasteiger partial charge is 0.269 e. The zero-order valence-electron chi connectivity index (χ0n) is 7.92. The average Bonchev–Trinajstić information content (AvgIpc) is 2.16. The van der Waals surface area contributed by atoms with Crippen molar-refractivity contribution in [1.82, 2.24) is 5.32 Å². The Bertz CT molecular complexity index is 183. The summed E-state index contributed by atoms with van der Waals surface area (Å²) in [4.78, 5) is 14.2. The van der Waals surface area contributed by atoms with Crippen LogP contribution in [0.5, 0.6) is 0 Å². The molecule has 12 heavy (non-hydrogen) atoms. The van der Waals surface area contributed by atoms with Gasteiger partial charge in [-0.2, -0.15) is 0 Å². The normalized spacial score (nSPS) is 9.08. The molecule has 3 nitrogen and oxygen atoms in total. The van der Waals surface area contributed by atoms with E-state index in [1.807, 2.05) is 13.8 Å². The lowest BCUT2D eigenvalue weighted by atomic mass is 10.4. The van der Waals surface area contributed by atoms with Gasteiger partial charge in [-0.25, -0.2) is 0 Å². The van der Waals surface area contributed by atoms with Crippen molar-refractivity contribution in [3.63, 3.8) is 0 Å². The monoisotopic (exact) mass is 168 g/mol. The first-order chi connectivity index (χ1) is 5.76. The third-order valence-electron chi connectivity index (χ3n) is 0.906. The van der Waals surface area contributed by atoms with E-state index in [9.17, 15) is 4.79 Å². The van der Waals surface area contributed by atoms with Crippen molar-refractivity contribution in [1.29, 1.82) is 0 Å². The van der Waals surface area contributed by atoms with Gasteiger partial charge in [-0.3, -0.25) is 9.79 Å². The molecule has 0 aromatic carbocycles. The molecule has 0 spiro atoms. The van der Waals surface area contributed by atoms with Gasteiger partial charge in [0.05, 0.1) is 0 Å². The van der Waals surface area contributed by atoms with Crippen molar-refractivity contribution in [3.8, 4) is 0 Å². The quantitative estimate of drug-likeness (QED) is 0.387. The van der Waals surface area contributed by atoms with Crippen LogP contribution < -0.4 is 5.32 Å². The predicted octanol–water partition coefficient (Wildman–Crippen LogP) is 1.53. The Hall–Kier alpha value is -1.38. The van der Waals surface area contributed by atoms with Gasteiger partial charge in [0, 0.05) is 7.05 Å². The summed E-state index contributed by atoms with van der Waals surface area (Å²) >= 11 is 0. The second-order valence-corrected chi connectivity index (χ2v) is 1.52. The zero-order valence-corrected chi connectivity index (χ0v) is 7.92. The first-order valence-corrected chi connectivity index (χ1v) is 3.77. The lowest BCUT2D eigenvalue weighted by Gasteiger charge is -1.95. The van der Waals surface area contributed by atoms with Crippen LogP contribution in [0.4, 0.5) is 0 Å². The van der Waals surface area contributed by atoms with Crippen molar-refractivity contribution in [2.75, 3.05) is 7.05 Å². The predicted molar refractivity (Wildman–Crippen MR) is 53.2 cm³/mol. The first kappa shape index (κ1) is 13.2. The van der Waals surface area contributed by atoms with Crippen molar-refractivity contribution in [2.24, 2.45) is 4.99 Å². The van der Waals surface area contributed by atoms with Crippen molar-refractivity contribution < 1.29 is 4.79 Å². The molecule has 0 saturated heterocycles. The molecule has 0 aliphatic carbocycles. The van der Waals surface area contributed by atoms with E-state index in [1.165, 1.54) is 19.2 Å². The summed E-state index contributed by atoms with van der Waals surface area (Å²) in [6.07, 6.45) is 2.98. The average molecular weight is 168 g/mol. The van der Waals surface area contributed by atoms with Gasteiger partial charge in [0.1, 0.15) is 5.70 Å². The summed E-state index contributed by atoms with van der Waals surface area (Å²) in [7, 11) is 1.53. The van der Waals surface area contributed by atoms with E-state index >= 15 is 0 Å². The number of hydrogen-bond donors (Lipinski definition) is 1. The van der Waals surface area contributed by atoms with Gasteiger partial charge >= 0.3 is 0 Å². The highest BCUT2D eigenvalue weighted by atomic mass is 16.1. The van der Waals surface area contributed by atoms with E-state index < -0.39 is 0 Å². The highest BCUT2D eigenvalue weighted by Gasteiger charge is 2.00. The maximum absolute atomic E-state index is 10.8. The van der Waals surface area contributed by atoms with Gasteiger partial charge in [0.2, 0.25) is 0 Å². The minimum atomic E-state index is -0.255. The molecule has 0 rings (SSSR count).